The molecule has 2 aliphatic heterocycles. The number of benzene rings is 2. The highest BCUT2D eigenvalue weighted by Crippen LogP contribution is 2.35. The molecule has 1 fully saturated rings. The van der Waals surface area contributed by atoms with Gasteiger partial charge in [0, 0.05) is 6.54 Å². The van der Waals surface area contributed by atoms with Crippen LogP contribution in [-0.4, -0.2) is 50.8 Å². The molecule has 6 nitrogen and oxygen atoms in total. The lowest BCUT2D eigenvalue weighted by Gasteiger charge is -2.31. The molecule has 0 radical (unpaired) electrons. The second kappa shape index (κ2) is 9.18. The van der Waals surface area contributed by atoms with E-state index < -0.39 is 5.41 Å². The van der Waals surface area contributed by atoms with Crippen molar-refractivity contribution in [1.82, 2.24) is 10.2 Å². The lowest BCUT2D eigenvalue weighted by atomic mass is 9.83. The van der Waals surface area contributed by atoms with Gasteiger partial charge >= 0.3 is 0 Å². The Hall–Kier alpha value is -2.73. The van der Waals surface area contributed by atoms with Crippen LogP contribution in [0.15, 0.2) is 42.5 Å². The number of hydrogen-bond acceptors (Lipinski definition) is 5. The van der Waals surface area contributed by atoms with Crippen molar-refractivity contribution in [2.45, 2.75) is 38.1 Å². The third kappa shape index (κ3) is 4.64. The van der Waals surface area contributed by atoms with E-state index in [1.807, 2.05) is 44.2 Å². The van der Waals surface area contributed by atoms with Gasteiger partial charge < -0.3 is 19.5 Å². The molecule has 1 saturated heterocycles. The third-order valence-electron chi connectivity index (χ3n) is 6.35. The Morgan fingerprint density at radius 3 is 2.58 bits per heavy atom. The number of carbonyl (C=O) groups excluding carboxylic acids is 1. The standard InChI is InChI=1S/C25H32N2O4/c1-25(2,19-9-10-22-23(16-19)31-14-13-30-22)24(28)26-17-21(27-11-4-5-12-27)18-7-6-8-20(15-18)29-3/h6-10,15-16,21H,4-5,11-14,17H2,1-3H3,(H,26,28). The Kier molecular flexibility index (Phi) is 6.37. The van der Waals surface area contributed by atoms with Gasteiger partial charge in [-0.2, -0.15) is 0 Å². The molecule has 4 rings (SSSR count). The van der Waals surface area contributed by atoms with E-state index in [-0.39, 0.29) is 11.9 Å². The first-order valence-corrected chi connectivity index (χ1v) is 11.1. The van der Waals surface area contributed by atoms with Gasteiger partial charge in [-0.15, -0.1) is 0 Å². The minimum atomic E-state index is -0.695. The SMILES string of the molecule is COc1cccc(C(CNC(=O)C(C)(C)c2ccc3c(c2)OCCO3)N2CCCC2)c1. The molecule has 0 aliphatic carbocycles. The molecule has 166 valence electrons. The maximum absolute atomic E-state index is 13.3. The molecule has 2 heterocycles. The lowest BCUT2D eigenvalue weighted by molar-refractivity contribution is -0.125. The van der Waals surface area contributed by atoms with Crippen LogP contribution in [0.1, 0.15) is 43.9 Å². The van der Waals surface area contributed by atoms with Gasteiger partial charge in [-0.1, -0.05) is 18.2 Å². The summed E-state index contributed by atoms with van der Waals surface area (Å²) in [5, 5.41) is 3.22. The normalized spacial score (nSPS) is 17.3. The minimum Gasteiger partial charge on any atom is -0.497 e. The molecule has 1 unspecified atom stereocenters. The number of likely N-dealkylation sites (tertiary alicyclic amines) is 1. The van der Waals surface area contributed by atoms with Gasteiger partial charge in [0.2, 0.25) is 5.91 Å². The van der Waals surface area contributed by atoms with E-state index in [0.29, 0.717) is 25.5 Å². The summed E-state index contributed by atoms with van der Waals surface area (Å²) in [7, 11) is 1.68. The van der Waals surface area contributed by atoms with E-state index in [1.165, 1.54) is 18.4 Å². The molecule has 0 saturated carbocycles. The Labute approximate surface area is 184 Å². The van der Waals surface area contributed by atoms with Gasteiger partial charge in [-0.3, -0.25) is 9.69 Å². The van der Waals surface area contributed by atoms with E-state index in [9.17, 15) is 4.79 Å². The van der Waals surface area contributed by atoms with Crippen LogP contribution < -0.4 is 19.5 Å². The summed E-state index contributed by atoms with van der Waals surface area (Å²) in [4.78, 5) is 15.7. The predicted octanol–water partition coefficient (Wildman–Crippen LogP) is 3.70. The van der Waals surface area contributed by atoms with Crippen LogP contribution in [0.3, 0.4) is 0 Å². The van der Waals surface area contributed by atoms with E-state index in [1.54, 1.807) is 7.11 Å². The average molecular weight is 425 g/mol. The fraction of sp³-hybridized carbons (Fsp3) is 0.480. The lowest BCUT2D eigenvalue weighted by Crippen LogP contribution is -2.44. The van der Waals surface area contributed by atoms with E-state index >= 15 is 0 Å². The molecule has 0 bridgehead atoms. The fourth-order valence-corrected chi connectivity index (χ4v) is 4.33. The summed E-state index contributed by atoms with van der Waals surface area (Å²) in [6.07, 6.45) is 2.38. The zero-order chi connectivity index (χ0) is 21.8. The van der Waals surface area contributed by atoms with Crippen molar-refractivity contribution in [1.29, 1.82) is 0 Å². The Balaban J connectivity index is 1.50. The van der Waals surface area contributed by atoms with Crippen molar-refractivity contribution < 1.29 is 19.0 Å². The van der Waals surface area contributed by atoms with Gasteiger partial charge in [-0.25, -0.2) is 0 Å². The van der Waals surface area contributed by atoms with Gasteiger partial charge in [0.25, 0.3) is 0 Å². The van der Waals surface area contributed by atoms with E-state index in [4.69, 9.17) is 14.2 Å². The highest BCUT2D eigenvalue weighted by Gasteiger charge is 2.32. The largest absolute Gasteiger partial charge is 0.497 e. The Bertz CT molecular complexity index is 921. The average Bonchev–Trinajstić information content (AvgIpc) is 3.33. The zero-order valence-corrected chi connectivity index (χ0v) is 18.6. The molecule has 1 atom stereocenters. The predicted molar refractivity (Wildman–Crippen MR) is 120 cm³/mol. The summed E-state index contributed by atoms with van der Waals surface area (Å²) in [6, 6.07) is 14.0. The first-order chi connectivity index (χ1) is 15.0. The van der Waals surface area contributed by atoms with Gasteiger partial charge in [0.15, 0.2) is 11.5 Å². The summed E-state index contributed by atoms with van der Waals surface area (Å²) in [6.45, 7) is 7.63. The first-order valence-electron chi connectivity index (χ1n) is 11.1. The van der Waals surface area contributed by atoms with Crippen LogP contribution in [0.2, 0.25) is 0 Å². The summed E-state index contributed by atoms with van der Waals surface area (Å²) >= 11 is 0. The van der Waals surface area contributed by atoms with E-state index in [2.05, 4.69) is 22.3 Å². The number of ether oxygens (including phenoxy) is 3. The monoisotopic (exact) mass is 424 g/mol. The second-order valence-electron chi connectivity index (χ2n) is 8.73. The molecule has 1 N–H and O–H groups in total. The van der Waals surface area contributed by atoms with Crippen molar-refractivity contribution in [2.75, 3.05) is 40.0 Å². The van der Waals surface area contributed by atoms with Gasteiger partial charge in [-0.05, 0) is 75.2 Å². The number of fused-ring (bicyclic) bond motifs is 1. The van der Waals surface area contributed by atoms with Crippen molar-refractivity contribution in [3.8, 4) is 17.2 Å². The van der Waals surface area contributed by atoms with Crippen molar-refractivity contribution in [3.05, 3.63) is 53.6 Å². The smallest absolute Gasteiger partial charge is 0.230 e. The summed E-state index contributed by atoms with van der Waals surface area (Å²) < 4.78 is 16.7. The van der Waals surface area contributed by atoms with Gasteiger partial charge in [0.1, 0.15) is 19.0 Å². The summed E-state index contributed by atoms with van der Waals surface area (Å²) in [5.74, 6) is 2.27. The highest BCUT2D eigenvalue weighted by atomic mass is 16.6. The summed E-state index contributed by atoms with van der Waals surface area (Å²) in [5.41, 5.74) is 1.38. The van der Waals surface area contributed by atoms with Crippen molar-refractivity contribution >= 4 is 5.91 Å². The fourth-order valence-electron chi connectivity index (χ4n) is 4.33. The van der Waals surface area contributed by atoms with Crippen LogP contribution in [0.25, 0.3) is 0 Å². The molecule has 31 heavy (non-hydrogen) atoms. The number of amides is 1. The topological polar surface area (TPSA) is 60.0 Å². The van der Waals surface area contributed by atoms with E-state index in [0.717, 1.165) is 30.2 Å². The maximum atomic E-state index is 13.3. The molecular weight excluding hydrogens is 392 g/mol. The number of methoxy groups -OCH3 is 1. The molecule has 0 aromatic heterocycles. The van der Waals surface area contributed by atoms with Crippen molar-refractivity contribution in [3.63, 3.8) is 0 Å². The number of carbonyl (C=O) groups is 1. The van der Waals surface area contributed by atoms with Crippen molar-refractivity contribution in [2.24, 2.45) is 0 Å². The van der Waals surface area contributed by atoms with Crippen LogP contribution in [0.5, 0.6) is 17.2 Å². The maximum Gasteiger partial charge on any atom is 0.230 e. The molecule has 0 spiro atoms. The number of hydrogen-bond donors (Lipinski definition) is 1. The van der Waals surface area contributed by atoms with Crippen LogP contribution in [-0.2, 0) is 10.2 Å². The first kappa shape index (κ1) is 21.5. The van der Waals surface area contributed by atoms with Crippen LogP contribution in [0, 0.1) is 0 Å². The molecule has 6 heteroatoms. The third-order valence-corrected chi connectivity index (χ3v) is 6.35. The molecule has 2 aromatic carbocycles. The second-order valence-corrected chi connectivity index (χ2v) is 8.73. The highest BCUT2D eigenvalue weighted by molar-refractivity contribution is 5.87. The van der Waals surface area contributed by atoms with Crippen LogP contribution >= 0.6 is 0 Å². The number of nitrogens with zero attached hydrogens (tertiary/aromatic N) is 1. The van der Waals surface area contributed by atoms with Crippen LogP contribution in [0.4, 0.5) is 0 Å². The van der Waals surface area contributed by atoms with Gasteiger partial charge in [0.05, 0.1) is 18.6 Å². The number of nitrogens with one attached hydrogen (secondary N) is 1. The molecule has 2 aliphatic rings. The Morgan fingerprint density at radius 1 is 1.10 bits per heavy atom. The minimum absolute atomic E-state index is 0.00345. The zero-order valence-electron chi connectivity index (χ0n) is 18.6. The Morgan fingerprint density at radius 2 is 1.84 bits per heavy atom. The molecule has 1 amide bonds. The number of rotatable bonds is 7. The molecule has 2 aromatic rings. The molecular formula is C25H32N2O4. The quantitative estimate of drug-likeness (QED) is 0.735.